The Balaban J connectivity index is 2.22. The summed E-state index contributed by atoms with van der Waals surface area (Å²) >= 11 is 6.21. The van der Waals surface area contributed by atoms with Crippen LogP contribution in [0, 0.1) is 0 Å². The number of anilines is 1. The molecule has 2 N–H and O–H groups in total. The van der Waals surface area contributed by atoms with E-state index in [0.717, 1.165) is 6.08 Å². The van der Waals surface area contributed by atoms with Gasteiger partial charge in [0.2, 0.25) is 0 Å². The molecule has 3 rings (SSSR count). The van der Waals surface area contributed by atoms with Crippen molar-refractivity contribution in [2.24, 2.45) is 0 Å². The number of H-pyrrole nitrogens is 1. The number of hydrogen-bond acceptors (Lipinski definition) is 6. The molecule has 0 saturated carbocycles. The van der Waals surface area contributed by atoms with E-state index in [-0.39, 0.29) is 11.1 Å². The van der Waals surface area contributed by atoms with E-state index in [0.29, 0.717) is 32.5 Å². The number of rotatable bonds is 4. The van der Waals surface area contributed by atoms with Gasteiger partial charge in [-0.25, -0.2) is 9.59 Å². The molecule has 27 heavy (non-hydrogen) atoms. The van der Waals surface area contributed by atoms with Crippen molar-refractivity contribution in [2.75, 3.05) is 19.5 Å². The van der Waals surface area contributed by atoms with Crippen LogP contribution in [0.3, 0.4) is 0 Å². The van der Waals surface area contributed by atoms with E-state index < -0.39 is 11.9 Å². The van der Waals surface area contributed by atoms with Crippen molar-refractivity contribution in [3.8, 4) is 0 Å². The molecule has 0 radical (unpaired) electrons. The van der Waals surface area contributed by atoms with E-state index in [1.54, 1.807) is 36.4 Å². The van der Waals surface area contributed by atoms with Crippen LogP contribution in [0.2, 0.25) is 5.02 Å². The van der Waals surface area contributed by atoms with Gasteiger partial charge in [0, 0.05) is 10.8 Å². The molecular weight excluding hydrogens is 372 g/mol. The van der Waals surface area contributed by atoms with E-state index in [1.807, 2.05) is 0 Å². The number of hydrogen-bond donors (Lipinski definition) is 2. The van der Waals surface area contributed by atoms with Crippen LogP contribution in [0.4, 0.5) is 5.69 Å². The molecule has 0 saturated heterocycles. The molecule has 0 bridgehead atoms. The smallest absolute Gasteiger partial charge is 0.354 e. The Morgan fingerprint density at radius 2 is 1.70 bits per heavy atom. The number of fused-ring (bicyclic) bond motifs is 2. The number of ether oxygens (including phenoxy) is 2. The van der Waals surface area contributed by atoms with Crippen molar-refractivity contribution in [1.82, 2.24) is 4.98 Å². The molecule has 2 aromatic carbocycles. The molecule has 0 aliphatic heterocycles. The van der Waals surface area contributed by atoms with Gasteiger partial charge in [0.05, 0.1) is 42.0 Å². The summed E-state index contributed by atoms with van der Waals surface area (Å²) in [6.45, 7) is 0. The van der Waals surface area contributed by atoms with Gasteiger partial charge in [-0.15, -0.1) is 0 Å². The van der Waals surface area contributed by atoms with Crippen molar-refractivity contribution >= 4 is 51.0 Å². The number of pyridine rings is 1. The normalized spacial score (nSPS) is 11.4. The minimum absolute atomic E-state index is 0.142. The third kappa shape index (κ3) is 3.50. The maximum Gasteiger partial charge on any atom is 0.354 e. The third-order valence-electron chi connectivity index (χ3n) is 3.96. The minimum atomic E-state index is -0.765. The fraction of sp³-hybridized carbons (Fsp3) is 0.105. The van der Waals surface area contributed by atoms with Crippen molar-refractivity contribution in [3.05, 3.63) is 63.4 Å². The fourth-order valence-electron chi connectivity index (χ4n) is 2.67. The van der Waals surface area contributed by atoms with Gasteiger partial charge in [0.15, 0.2) is 5.43 Å². The van der Waals surface area contributed by atoms with Gasteiger partial charge in [-0.3, -0.25) is 4.79 Å². The lowest BCUT2D eigenvalue weighted by Crippen LogP contribution is -2.16. The highest BCUT2D eigenvalue weighted by molar-refractivity contribution is 6.35. The quantitative estimate of drug-likeness (QED) is 0.406. The number of nitrogens with one attached hydrogen (secondary N) is 2. The Hall–Kier alpha value is -3.32. The van der Waals surface area contributed by atoms with Crippen LogP contribution in [0.1, 0.15) is 0 Å². The molecule has 8 heteroatoms. The summed E-state index contributed by atoms with van der Waals surface area (Å²) in [6.07, 6.45) is 0.969. The molecule has 0 spiro atoms. The summed E-state index contributed by atoms with van der Waals surface area (Å²) in [5, 5.41) is 4.06. The van der Waals surface area contributed by atoms with Gasteiger partial charge in [0.25, 0.3) is 0 Å². The van der Waals surface area contributed by atoms with Gasteiger partial charge in [-0.1, -0.05) is 23.7 Å². The van der Waals surface area contributed by atoms with Crippen LogP contribution in [-0.4, -0.2) is 31.1 Å². The zero-order valence-electron chi connectivity index (χ0n) is 14.5. The maximum absolute atomic E-state index is 12.8. The number of benzene rings is 2. The van der Waals surface area contributed by atoms with Crippen LogP contribution in [0.25, 0.3) is 21.8 Å². The lowest BCUT2D eigenvalue weighted by Gasteiger charge is -2.12. The first kappa shape index (κ1) is 18.5. The Morgan fingerprint density at radius 3 is 2.37 bits per heavy atom. The van der Waals surface area contributed by atoms with Crippen LogP contribution in [0.5, 0.6) is 0 Å². The average Bonchev–Trinajstić information content (AvgIpc) is 2.68. The van der Waals surface area contributed by atoms with Crippen LogP contribution in [-0.2, 0) is 19.1 Å². The molecule has 1 aromatic heterocycles. The second-order valence-electron chi connectivity index (χ2n) is 5.54. The van der Waals surface area contributed by atoms with Crippen LogP contribution >= 0.6 is 11.6 Å². The van der Waals surface area contributed by atoms with E-state index in [4.69, 9.17) is 11.6 Å². The number of carbonyl (C=O) groups is 2. The van der Waals surface area contributed by atoms with E-state index in [2.05, 4.69) is 19.8 Å². The second kappa shape index (κ2) is 7.51. The average molecular weight is 387 g/mol. The van der Waals surface area contributed by atoms with E-state index in [1.165, 1.54) is 14.2 Å². The van der Waals surface area contributed by atoms with Gasteiger partial charge < -0.3 is 19.8 Å². The number of halogens is 1. The first-order valence-corrected chi connectivity index (χ1v) is 8.22. The Morgan fingerprint density at radius 1 is 1.04 bits per heavy atom. The summed E-state index contributed by atoms with van der Waals surface area (Å²) in [7, 11) is 2.38. The van der Waals surface area contributed by atoms with Gasteiger partial charge in [-0.05, 0) is 24.3 Å². The largest absolute Gasteiger partial charge is 0.466 e. The van der Waals surface area contributed by atoms with Crippen molar-refractivity contribution in [3.63, 3.8) is 0 Å². The second-order valence-corrected chi connectivity index (χ2v) is 5.95. The lowest BCUT2D eigenvalue weighted by molar-refractivity contribution is -0.138. The predicted octanol–water partition coefficient (Wildman–Crippen LogP) is 2.98. The molecule has 0 aliphatic rings. The summed E-state index contributed by atoms with van der Waals surface area (Å²) in [6, 6.07) is 10.00. The molecule has 0 aliphatic carbocycles. The van der Waals surface area contributed by atoms with Crippen LogP contribution < -0.4 is 10.7 Å². The predicted molar refractivity (Wildman–Crippen MR) is 103 cm³/mol. The van der Waals surface area contributed by atoms with Gasteiger partial charge in [0.1, 0.15) is 5.70 Å². The first-order chi connectivity index (χ1) is 13.0. The molecule has 7 nitrogen and oxygen atoms in total. The molecule has 0 unspecified atom stereocenters. The number of esters is 2. The number of aromatic nitrogens is 1. The molecule has 0 amide bonds. The Labute approximate surface area is 158 Å². The molecule has 0 atom stereocenters. The molecule has 3 aromatic rings. The topological polar surface area (TPSA) is 97.5 Å². The number of carbonyl (C=O) groups excluding carboxylic acids is 2. The third-order valence-corrected chi connectivity index (χ3v) is 4.27. The minimum Gasteiger partial charge on any atom is -0.466 e. The summed E-state index contributed by atoms with van der Waals surface area (Å²) in [4.78, 5) is 39.5. The highest BCUT2D eigenvalue weighted by Gasteiger charge is 2.16. The fourth-order valence-corrected chi connectivity index (χ4v) is 2.89. The lowest BCUT2D eigenvalue weighted by atomic mass is 10.1. The maximum atomic E-state index is 12.8. The van der Waals surface area contributed by atoms with E-state index >= 15 is 0 Å². The highest BCUT2D eigenvalue weighted by atomic mass is 35.5. The molecular formula is C19H15ClN2O5. The summed E-state index contributed by atoms with van der Waals surface area (Å²) in [5.41, 5.74) is 0.954. The standard InChI is InChI=1S/C19H15ClN2O5/c1-26-15(23)9-14(19(25)27-2)21-13-8-4-6-11-17(13)22-16-10(18(11)24)5-3-7-12(16)20/h3-9,21H,1-2H3,(H,22,24)/b14-9+. The van der Waals surface area contributed by atoms with Crippen molar-refractivity contribution in [2.45, 2.75) is 0 Å². The highest BCUT2D eigenvalue weighted by Crippen LogP contribution is 2.26. The molecule has 138 valence electrons. The first-order valence-electron chi connectivity index (χ1n) is 7.84. The zero-order chi connectivity index (χ0) is 19.6. The van der Waals surface area contributed by atoms with Gasteiger partial charge >= 0.3 is 11.9 Å². The summed E-state index contributed by atoms with van der Waals surface area (Å²) in [5.74, 6) is -1.50. The SMILES string of the molecule is COC(=O)/C=C(/Nc1cccc2c(=O)c3cccc(Cl)c3[nH]c12)C(=O)OC. The van der Waals surface area contributed by atoms with Crippen LogP contribution in [0.15, 0.2) is 53.0 Å². The van der Waals surface area contributed by atoms with E-state index in [9.17, 15) is 14.4 Å². The Kier molecular flexibility index (Phi) is 5.14. The molecule has 0 fully saturated rings. The monoisotopic (exact) mass is 386 g/mol. The number of aromatic amines is 1. The summed E-state index contributed by atoms with van der Waals surface area (Å²) < 4.78 is 9.24. The van der Waals surface area contributed by atoms with Crippen molar-refractivity contribution < 1.29 is 19.1 Å². The Bertz CT molecular complexity index is 1150. The zero-order valence-corrected chi connectivity index (χ0v) is 15.2. The van der Waals surface area contributed by atoms with Crippen molar-refractivity contribution in [1.29, 1.82) is 0 Å². The number of methoxy groups -OCH3 is 2. The van der Waals surface area contributed by atoms with Gasteiger partial charge in [-0.2, -0.15) is 0 Å². The molecule has 1 heterocycles. The number of para-hydroxylation sites is 2.